The summed E-state index contributed by atoms with van der Waals surface area (Å²) < 4.78 is 1.43. The summed E-state index contributed by atoms with van der Waals surface area (Å²) in [4.78, 5) is 0. The summed E-state index contributed by atoms with van der Waals surface area (Å²) in [6.07, 6.45) is 46.1. The van der Waals surface area contributed by atoms with Crippen molar-refractivity contribution in [1.29, 1.82) is 0 Å². The maximum atomic E-state index is 11.2. The van der Waals surface area contributed by atoms with E-state index >= 15 is 0 Å². The number of rotatable bonds is 36. The molecule has 0 radical (unpaired) electrons. The van der Waals surface area contributed by atoms with E-state index in [1.54, 1.807) is 0 Å². The van der Waals surface area contributed by atoms with Gasteiger partial charge in [-0.05, 0) is 73.9 Å². The van der Waals surface area contributed by atoms with Gasteiger partial charge in [0.2, 0.25) is 11.4 Å². The average Bonchev–Trinajstić information content (AvgIpc) is 3.58. The van der Waals surface area contributed by atoms with Crippen LogP contribution in [0.5, 0.6) is 0 Å². The molecular formula is C55H92N2Ni. The SMILES string of the molecule is CCCCCCCCCCCC[CH2][Ni][CH2]CCCCCCCCCCCC.CCCCCc1cccc(C2=C(CCCC)C=C(c3ccc(CCCC)cc3)[N+]2=[N-])c1. The first kappa shape index (κ1) is 52.2. The van der Waals surface area contributed by atoms with Crippen molar-refractivity contribution < 1.29 is 19.1 Å². The molecule has 0 fully saturated rings. The minimum atomic E-state index is 0.888. The Hall–Kier alpha value is -1.99. The van der Waals surface area contributed by atoms with Gasteiger partial charge in [-0.25, -0.2) is 4.70 Å². The van der Waals surface area contributed by atoms with Gasteiger partial charge in [-0.2, -0.15) is 0 Å². The van der Waals surface area contributed by atoms with E-state index in [4.69, 9.17) is 0 Å². The van der Waals surface area contributed by atoms with Crippen molar-refractivity contribution >= 4 is 11.4 Å². The minimum Gasteiger partial charge on any atom is -0.493 e. The first-order valence-corrected chi connectivity index (χ1v) is 26.6. The predicted octanol–water partition coefficient (Wildman–Crippen LogP) is 19.3. The van der Waals surface area contributed by atoms with Crippen LogP contribution >= 0.6 is 0 Å². The van der Waals surface area contributed by atoms with Crippen molar-refractivity contribution in [2.75, 3.05) is 0 Å². The molecular weight excluding hydrogens is 747 g/mol. The number of nitrogens with zero attached hydrogens (tertiary/aromatic N) is 2. The molecule has 0 aliphatic carbocycles. The molecule has 1 aliphatic rings. The van der Waals surface area contributed by atoms with Gasteiger partial charge in [-0.3, -0.25) is 0 Å². The molecule has 2 aromatic rings. The fourth-order valence-electron chi connectivity index (χ4n) is 8.02. The molecule has 1 aliphatic heterocycles. The second kappa shape index (κ2) is 36.8. The quantitative estimate of drug-likeness (QED) is 0.0371. The Balaban J connectivity index is 0.000000405. The summed E-state index contributed by atoms with van der Waals surface area (Å²) in [7, 11) is 0. The first-order chi connectivity index (χ1) is 28.6. The third-order valence-corrected chi connectivity index (χ3v) is 13.2. The Bertz CT molecular complexity index is 1310. The minimum absolute atomic E-state index is 0.888. The van der Waals surface area contributed by atoms with Gasteiger partial charge in [0.25, 0.3) is 0 Å². The number of unbranched alkanes of at least 4 members (excludes halogenated alkanes) is 24. The number of aryl methyl sites for hydroxylation is 2. The van der Waals surface area contributed by atoms with E-state index in [1.165, 1.54) is 206 Å². The monoisotopic (exact) mass is 839 g/mol. The molecule has 0 bridgehead atoms. The molecule has 0 aromatic heterocycles. The van der Waals surface area contributed by atoms with Crippen molar-refractivity contribution in [3.05, 3.63) is 88.0 Å². The molecule has 3 heteroatoms. The summed E-state index contributed by atoms with van der Waals surface area (Å²) in [6, 6.07) is 17.5. The van der Waals surface area contributed by atoms with E-state index < -0.39 is 0 Å². The standard InChI is InChI=1S/C29H38N2.2C13H27.Ni/c1-4-7-10-13-24-14-11-16-26(21-24)29-27(15-9-6-3)22-28(31(29)30)25-19-17-23(18-20-25)12-8-5-2;2*1-3-5-7-9-11-13-12-10-8-6-4-2;/h11,14,16-22H,4-10,12-13,15H2,1-3H3;2*1,3-13H2,2H3;. The van der Waals surface area contributed by atoms with Crippen LogP contribution in [0.15, 0.2) is 60.2 Å². The van der Waals surface area contributed by atoms with Crippen LogP contribution in [-0.2, 0) is 27.3 Å². The Labute approximate surface area is 367 Å². The molecule has 2 nitrogen and oxygen atoms in total. The van der Waals surface area contributed by atoms with Gasteiger partial charge in [0.1, 0.15) is 0 Å². The van der Waals surface area contributed by atoms with Crippen LogP contribution in [0, 0.1) is 0 Å². The van der Waals surface area contributed by atoms with Crippen molar-refractivity contribution in [2.45, 2.75) is 251 Å². The third kappa shape index (κ3) is 24.3. The maximum absolute atomic E-state index is 11.2. The van der Waals surface area contributed by atoms with Gasteiger partial charge >= 0.3 is 166 Å². The average molecular weight is 840 g/mol. The smallest absolute Gasteiger partial charge is 0.493 e. The van der Waals surface area contributed by atoms with Crippen LogP contribution in [-0.4, -0.2) is 4.70 Å². The Morgan fingerprint density at radius 1 is 0.414 bits per heavy atom. The van der Waals surface area contributed by atoms with Gasteiger partial charge in [0.15, 0.2) is 0 Å². The fourth-order valence-corrected chi connectivity index (χ4v) is 9.26. The van der Waals surface area contributed by atoms with Crippen LogP contribution < -0.4 is 0 Å². The van der Waals surface area contributed by atoms with E-state index in [1.807, 2.05) is 14.4 Å². The summed E-state index contributed by atoms with van der Waals surface area (Å²) in [5.41, 5.74) is 19.2. The molecule has 0 amide bonds. The first-order valence-electron chi connectivity index (χ1n) is 25.2. The second-order valence-electron chi connectivity index (χ2n) is 17.3. The van der Waals surface area contributed by atoms with Gasteiger partial charge in [0, 0.05) is 22.8 Å². The van der Waals surface area contributed by atoms with Crippen LogP contribution in [0.1, 0.15) is 249 Å². The van der Waals surface area contributed by atoms with Crippen LogP contribution in [0.25, 0.3) is 16.9 Å². The summed E-state index contributed by atoms with van der Waals surface area (Å²) in [5.74, 6) is 0. The molecule has 0 atom stereocenters. The molecule has 0 N–H and O–H groups in total. The zero-order valence-corrected chi connectivity index (χ0v) is 39.9. The molecule has 0 spiro atoms. The zero-order valence-electron chi connectivity index (χ0n) is 38.9. The predicted molar refractivity (Wildman–Crippen MR) is 255 cm³/mol. The van der Waals surface area contributed by atoms with Gasteiger partial charge in [-0.1, -0.05) is 84.6 Å². The van der Waals surface area contributed by atoms with Crippen molar-refractivity contribution in [2.24, 2.45) is 0 Å². The molecule has 332 valence electrons. The van der Waals surface area contributed by atoms with Crippen molar-refractivity contribution in [3.63, 3.8) is 0 Å². The third-order valence-electron chi connectivity index (χ3n) is 11.8. The molecule has 2 aromatic carbocycles. The Morgan fingerprint density at radius 3 is 1.34 bits per heavy atom. The molecule has 0 saturated carbocycles. The van der Waals surface area contributed by atoms with Crippen LogP contribution in [0.4, 0.5) is 0 Å². The number of benzene rings is 2. The summed E-state index contributed by atoms with van der Waals surface area (Å²) >= 11 is 2.03. The molecule has 0 unspecified atom stereocenters. The fraction of sp³-hybridized carbons (Fsp3) is 0.709. The molecule has 1 heterocycles. The normalized spacial score (nSPS) is 12.7. The summed E-state index contributed by atoms with van der Waals surface area (Å²) in [6.45, 7) is 11.3. The number of allylic oxidation sites excluding steroid dienone is 2. The second-order valence-corrected chi connectivity index (χ2v) is 18.8. The molecule has 58 heavy (non-hydrogen) atoms. The van der Waals surface area contributed by atoms with E-state index in [2.05, 4.69) is 89.2 Å². The van der Waals surface area contributed by atoms with E-state index in [0.29, 0.717) is 0 Å². The van der Waals surface area contributed by atoms with Crippen molar-refractivity contribution in [1.82, 2.24) is 0 Å². The number of hydrogen-bond acceptors (Lipinski definition) is 0. The summed E-state index contributed by atoms with van der Waals surface area (Å²) in [5, 5.41) is 2.86. The Morgan fingerprint density at radius 2 is 0.845 bits per heavy atom. The van der Waals surface area contributed by atoms with Gasteiger partial charge < -0.3 is 5.53 Å². The van der Waals surface area contributed by atoms with E-state index in [9.17, 15) is 5.53 Å². The van der Waals surface area contributed by atoms with Crippen LogP contribution in [0.2, 0.25) is 10.8 Å². The van der Waals surface area contributed by atoms with E-state index in [-0.39, 0.29) is 0 Å². The zero-order chi connectivity index (χ0) is 41.7. The number of hydrogen-bond donors (Lipinski definition) is 0. The topological polar surface area (TPSA) is 25.3 Å². The molecule has 3 rings (SSSR count). The Kier molecular flexibility index (Phi) is 33.1. The van der Waals surface area contributed by atoms with Crippen molar-refractivity contribution in [3.8, 4) is 0 Å². The van der Waals surface area contributed by atoms with Gasteiger partial charge in [-0.15, -0.1) is 0 Å². The molecule has 0 saturated heterocycles. The van der Waals surface area contributed by atoms with E-state index in [0.717, 1.165) is 54.6 Å². The van der Waals surface area contributed by atoms with Crippen LogP contribution in [0.3, 0.4) is 0 Å². The van der Waals surface area contributed by atoms with Gasteiger partial charge in [0.05, 0.1) is 0 Å².